The molecule has 0 saturated carbocycles. The number of benzene rings is 2. The fraction of sp³-hybridized carbons (Fsp3) is 0.263. The number of nitrogens with one attached hydrogen (secondary N) is 1. The molecule has 0 fully saturated rings. The van der Waals surface area contributed by atoms with E-state index in [1.165, 1.54) is 24.3 Å². The Bertz CT molecular complexity index is 891. The van der Waals surface area contributed by atoms with Crippen molar-refractivity contribution >= 4 is 11.4 Å². The average molecular weight is 360 g/mol. The summed E-state index contributed by atoms with van der Waals surface area (Å²) in [5, 5.41) is 14.2. The van der Waals surface area contributed by atoms with Gasteiger partial charge in [-0.2, -0.15) is 13.2 Å². The van der Waals surface area contributed by atoms with Gasteiger partial charge in [0.15, 0.2) is 0 Å². The summed E-state index contributed by atoms with van der Waals surface area (Å²) in [7, 11) is 0. The number of alkyl halides is 3. The van der Waals surface area contributed by atoms with Crippen LogP contribution in [0.15, 0.2) is 54.6 Å². The van der Waals surface area contributed by atoms with E-state index in [-0.39, 0.29) is 23.6 Å². The predicted molar refractivity (Wildman–Crippen MR) is 90.9 cm³/mol. The van der Waals surface area contributed by atoms with Crippen molar-refractivity contribution in [3.05, 3.63) is 81.4 Å². The first-order valence-electron chi connectivity index (χ1n) is 8.23. The number of hydrogen-bond donors (Lipinski definition) is 1. The van der Waals surface area contributed by atoms with E-state index < -0.39 is 16.7 Å². The molecule has 3 atom stereocenters. The fourth-order valence-corrected chi connectivity index (χ4v) is 3.90. The van der Waals surface area contributed by atoms with Gasteiger partial charge in [-0.15, -0.1) is 0 Å². The highest BCUT2D eigenvalue weighted by atomic mass is 19.4. The SMILES string of the molecule is O=[N+]([O-])c1ccc([C@@H]2Nc3ccc(C(F)(F)F)cc3[C@H]3C=CC[C@H]32)cc1. The Hall–Kier alpha value is -2.83. The Morgan fingerprint density at radius 3 is 2.50 bits per heavy atom. The van der Waals surface area contributed by atoms with Gasteiger partial charge < -0.3 is 5.32 Å². The predicted octanol–water partition coefficient (Wildman–Crippen LogP) is 5.44. The summed E-state index contributed by atoms with van der Waals surface area (Å²) in [5.41, 5.74) is 1.58. The van der Waals surface area contributed by atoms with Crippen LogP contribution in [0.1, 0.15) is 35.1 Å². The maximum absolute atomic E-state index is 13.1. The largest absolute Gasteiger partial charge is 0.416 e. The van der Waals surface area contributed by atoms with Gasteiger partial charge in [0.2, 0.25) is 0 Å². The molecule has 1 heterocycles. The van der Waals surface area contributed by atoms with Gasteiger partial charge in [-0.3, -0.25) is 10.1 Å². The topological polar surface area (TPSA) is 55.2 Å². The van der Waals surface area contributed by atoms with Crippen LogP contribution in [0.2, 0.25) is 0 Å². The lowest BCUT2D eigenvalue weighted by atomic mass is 9.76. The zero-order chi connectivity index (χ0) is 18.5. The van der Waals surface area contributed by atoms with Crippen LogP contribution in [0, 0.1) is 16.0 Å². The lowest BCUT2D eigenvalue weighted by Crippen LogP contribution is -2.29. The minimum Gasteiger partial charge on any atom is -0.378 e. The molecule has 4 nitrogen and oxygen atoms in total. The molecule has 0 spiro atoms. The molecule has 1 N–H and O–H groups in total. The normalized spacial score (nSPS) is 23.9. The molecule has 1 aliphatic carbocycles. The Balaban J connectivity index is 1.72. The molecule has 0 bridgehead atoms. The number of nitrogens with zero attached hydrogens (tertiary/aromatic N) is 1. The maximum atomic E-state index is 13.1. The average Bonchev–Trinajstić information content (AvgIpc) is 3.10. The molecule has 1 aliphatic heterocycles. The second kappa shape index (κ2) is 5.86. The van der Waals surface area contributed by atoms with Crippen LogP contribution < -0.4 is 5.32 Å². The smallest absolute Gasteiger partial charge is 0.378 e. The zero-order valence-electron chi connectivity index (χ0n) is 13.5. The molecule has 0 radical (unpaired) electrons. The maximum Gasteiger partial charge on any atom is 0.416 e. The van der Waals surface area contributed by atoms with Crippen molar-refractivity contribution in [1.82, 2.24) is 0 Å². The molecule has 26 heavy (non-hydrogen) atoms. The number of anilines is 1. The highest BCUT2D eigenvalue weighted by Gasteiger charge is 2.40. The van der Waals surface area contributed by atoms with Crippen molar-refractivity contribution < 1.29 is 18.1 Å². The summed E-state index contributed by atoms with van der Waals surface area (Å²) in [4.78, 5) is 10.4. The molecule has 2 aromatic carbocycles. The van der Waals surface area contributed by atoms with Crippen molar-refractivity contribution in [3.8, 4) is 0 Å². The number of halogens is 3. The van der Waals surface area contributed by atoms with Crippen LogP contribution in [0.25, 0.3) is 0 Å². The van der Waals surface area contributed by atoms with Crippen molar-refractivity contribution in [3.63, 3.8) is 0 Å². The highest BCUT2D eigenvalue weighted by Crippen LogP contribution is 2.50. The third kappa shape index (κ3) is 2.73. The van der Waals surface area contributed by atoms with E-state index in [2.05, 4.69) is 5.32 Å². The number of fused-ring (bicyclic) bond motifs is 3. The van der Waals surface area contributed by atoms with Crippen LogP contribution in [0.5, 0.6) is 0 Å². The molecule has 2 aromatic rings. The Labute approximate surface area is 147 Å². The molecule has 0 unspecified atom stereocenters. The number of nitro benzene ring substituents is 1. The Kier molecular flexibility index (Phi) is 3.75. The molecule has 0 amide bonds. The number of rotatable bonds is 2. The van der Waals surface area contributed by atoms with E-state index in [1.807, 2.05) is 12.2 Å². The van der Waals surface area contributed by atoms with Crippen LogP contribution in [0.4, 0.5) is 24.5 Å². The molecule has 7 heteroatoms. The first-order chi connectivity index (χ1) is 12.3. The molecule has 2 aliphatic rings. The van der Waals surface area contributed by atoms with Gasteiger partial charge in [0, 0.05) is 23.7 Å². The number of hydrogen-bond acceptors (Lipinski definition) is 3. The molecule has 0 saturated heterocycles. The highest BCUT2D eigenvalue weighted by molar-refractivity contribution is 5.61. The molecular formula is C19H15F3N2O2. The first kappa shape index (κ1) is 16.6. The van der Waals surface area contributed by atoms with Gasteiger partial charge >= 0.3 is 6.18 Å². The minimum atomic E-state index is -4.37. The van der Waals surface area contributed by atoms with E-state index >= 15 is 0 Å². The van der Waals surface area contributed by atoms with Gasteiger partial charge in [0.1, 0.15) is 0 Å². The number of non-ortho nitro benzene ring substituents is 1. The van der Waals surface area contributed by atoms with Gasteiger partial charge in [-0.1, -0.05) is 24.3 Å². The van der Waals surface area contributed by atoms with Crippen molar-refractivity contribution in [2.45, 2.75) is 24.6 Å². The second-order valence-corrected chi connectivity index (χ2v) is 6.62. The van der Waals surface area contributed by atoms with Crippen LogP contribution in [-0.4, -0.2) is 4.92 Å². The minimum absolute atomic E-state index is 0.0147. The van der Waals surface area contributed by atoms with Crippen molar-refractivity contribution in [1.29, 1.82) is 0 Å². The number of allylic oxidation sites excluding steroid dienone is 2. The molecule has 134 valence electrons. The Morgan fingerprint density at radius 1 is 1.12 bits per heavy atom. The summed E-state index contributed by atoms with van der Waals surface area (Å²) in [6.07, 6.45) is 0.324. The molecule has 0 aromatic heterocycles. The molecule has 4 rings (SSSR count). The van der Waals surface area contributed by atoms with E-state index in [1.54, 1.807) is 12.1 Å². The Morgan fingerprint density at radius 2 is 1.85 bits per heavy atom. The lowest BCUT2D eigenvalue weighted by Gasteiger charge is -2.37. The lowest BCUT2D eigenvalue weighted by molar-refractivity contribution is -0.384. The third-order valence-electron chi connectivity index (χ3n) is 5.15. The van der Waals surface area contributed by atoms with Crippen LogP contribution in [-0.2, 0) is 6.18 Å². The summed E-state index contributed by atoms with van der Waals surface area (Å²) in [6.45, 7) is 0. The molecular weight excluding hydrogens is 345 g/mol. The van der Waals surface area contributed by atoms with Crippen molar-refractivity contribution in [2.75, 3.05) is 5.32 Å². The monoisotopic (exact) mass is 360 g/mol. The third-order valence-corrected chi connectivity index (χ3v) is 5.15. The fourth-order valence-electron chi connectivity index (χ4n) is 3.90. The standard InChI is InChI=1S/C19H15F3N2O2/c20-19(21,22)12-6-9-17-16(10-12)14-2-1-3-15(14)18(23-17)11-4-7-13(8-5-11)24(25)26/h1-2,4-10,14-15,18,23H,3H2/t14-,15+,18-/m0/s1. The summed E-state index contributed by atoms with van der Waals surface area (Å²) in [6, 6.07) is 9.99. The van der Waals surface area contributed by atoms with Crippen molar-refractivity contribution in [2.24, 2.45) is 5.92 Å². The summed E-state index contributed by atoms with van der Waals surface area (Å²) < 4.78 is 39.2. The summed E-state index contributed by atoms with van der Waals surface area (Å²) >= 11 is 0. The first-order valence-corrected chi connectivity index (χ1v) is 8.23. The zero-order valence-corrected chi connectivity index (χ0v) is 13.5. The van der Waals surface area contributed by atoms with Crippen LogP contribution >= 0.6 is 0 Å². The quantitative estimate of drug-likeness (QED) is 0.441. The van der Waals surface area contributed by atoms with E-state index in [0.717, 1.165) is 18.1 Å². The van der Waals surface area contributed by atoms with E-state index in [4.69, 9.17) is 0 Å². The van der Waals surface area contributed by atoms with Crippen LogP contribution in [0.3, 0.4) is 0 Å². The number of nitro groups is 1. The van der Waals surface area contributed by atoms with E-state index in [9.17, 15) is 23.3 Å². The van der Waals surface area contributed by atoms with Gasteiger partial charge in [-0.05, 0) is 41.7 Å². The van der Waals surface area contributed by atoms with Gasteiger partial charge in [-0.25, -0.2) is 0 Å². The second-order valence-electron chi connectivity index (χ2n) is 6.62. The van der Waals surface area contributed by atoms with E-state index in [0.29, 0.717) is 11.3 Å². The summed E-state index contributed by atoms with van der Waals surface area (Å²) in [5.74, 6) is -0.0267. The van der Waals surface area contributed by atoms with Gasteiger partial charge in [0.25, 0.3) is 5.69 Å². The van der Waals surface area contributed by atoms with Gasteiger partial charge in [0.05, 0.1) is 16.5 Å².